The monoisotopic (exact) mass is 424 g/mol. The van der Waals surface area contributed by atoms with Gasteiger partial charge in [-0.15, -0.1) is 0 Å². The smallest absolute Gasteiger partial charge is 0.207 e. The predicted octanol–water partition coefficient (Wildman–Crippen LogP) is 3.38. The largest absolute Gasteiger partial charge is 0.394 e. The second-order valence-corrected chi connectivity index (χ2v) is 7.02. The molecule has 1 aromatic carbocycles. The lowest BCUT2D eigenvalue weighted by atomic mass is 10.0. The third kappa shape index (κ3) is 4.09. The molecule has 0 spiro atoms. The highest BCUT2D eigenvalue weighted by Crippen LogP contribution is 2.28. The molecule has 2 aromatic heterocycles. The van der Waals surface area contributed by atoms with Crippen molar-refractivity contribution in [2.75, 3.05) is 19.8 Å². The van der Waals surface area contributed by atoms with Crippen molar-refractivity contribution in [1.29, 1.82) is 0 Å². The first kappa shape index (κ1) is 18.1. The fraction of sp³-hybridized carbons (Fsp3) is 0.235. The van der Waals surface area contributed by atoms with Crippen LogP contribution in [0.2, 0.25) is 0 Å². The fourth-order valence-electron chi connectivity index (χ4n) is 2.45. The summed E-state index contributed by atoms with van der Waals surface area (Å²) in [4.78, 5) is 16.7. The summed E-state index contributed by atoms with van der Waals surface area (Å²) in [6, 6.07) is 4.82. The van der Waals surface area contributed by atoms with Crippen molar-refractivity contribution >= 4 is 43.3 Å². The Kier molecular flexibility index (Phi) is 5.85. The molecule has 25 heavy (non-hydrogen) atoms. The summed E-state index contributed by atoms with van der Waals surface area (Å²) in [5, 5.41) is 9.57. The number of pyridine rings is 1. The zero-order valence-corrected chi connectivity index (χ0v) is 15.4. The number of rotatable bonds is 7. The van der Waals surface area contributed by atoms with Crippen molar-refractivity contribution in [2.24, 2.45) is 0 Å². The number of halogens is 2. The minimum absolute atomic E-state index is 0.0746. The van der Waals surface area contributed by atoms with Crippen LogP contribution in [0.25, 0.3) is 10.1 Å². The van der Waals surface area contributed by atoms with Crippen LogP contribution in [-0.4, -0.2) is 40.1 Å². The molecule has 0 bridgehead atoms. The number of aromatic nitrogens is 2. The first-order chi connectivity index (χ1) is 12.1. The third-order valence-electron chi connectivity index (χ3n) is 3.61. The van der Waals surface area contributed by atoms with Crippen molar-refractivity contribution in [3.63, 3.8) is 0 Å². The Bertz CT molecular complexity index is 916. The quantitative estimate of drug-likeness (QED) is 0.464. The van der Waals surface area contributed by atoms with Crippen LogP contribution < -0.4 is 0 Å². The lowest BCUT2D eigenvalue weighted by molar-refractivity contribution is 0.0659. The van der Waals surface area contributed by atoms with Crippen LogP contribution in [0, 0.1) is 5.82 Å². The average Bonchev–Trinajstić information content (AvgIpc) is 3.06. The maximum atomic E-state index is 14.2. The minimum atomic E-state index is -0.356. The molecular formula is C17H14BrFN2O3S. The molecule has 8 heteroatoms. The molecule has 0 aliphatic carbocycles. The number of aliphatic hydroxyl groups is 1. The van der Waals surface area contributed by atoms with Crippen LogP contribution >= 0.6 is 27.5 Å². The molecular weight excluding hydrogens is 411 g/mol. The zero-order valence-electron chi connectivity index (χ0n) is 13.0. The van der Waals surface area contributed by atoms with Crippen molar-refractivity contribution in [3.8, 4) is 0 Å². The van der Waals surface area contributed by atoms with Gasteiger partial charge in [-0.3, -0.25) is 9.78 Å². The van der Waals surface area contributed by atoms with Gasteiger partial charge in [-0.2, -0.15) is 4.37 Å². The molecule has 0 aliphatic rings. The van der Waals surface area contributed by atoms with Crippen molar-refractivity contribution in [1.82, 2.24) is 9.36 Å². The Labute approximate surface area is 155 Å². The summed E-state index contributed by atoms with van der Waals surface area (Å²) in [5.74, 6) is -0.665. The van der Waals surface area contributed by atoms with E-state index in [1.54, 1.807) is 24.5 Å². The molecule has 3 rings (SSSR count). The first-order valence-corrected chi connectivity index (χ1v) is 9.04. The number of benzene rings is 1. The van der Waals surface area contributed by atoms with Gasteiger partial charge in [-0.25, -0.2) is 4.39 Å². The van der Waals surface area contributed by atoms with E-state index in [2.05, 4.69) is 25.3 Å². The van der Waals surface area contributed by atoms with E-state index in [1.165, 1.54) is 17.6 Å². The summed E-state index contributed by atoms with van der Waals surface area (Å²) in [6.07, 6.45) is 3.48. The summed E-state index contributed by atoms with van der Waals surface area (Å²) in [7, 11) is 0. The van der Waals surface area contributed by atoms with E-state index in [9.17, 15) is 9.18 Å². The number of carbonyl (C=O) groups excluding carboxylic acids is 1. The normalized spacial score (nSPS) is 11.2. The van der Waals surface area contributed by atoms with Crippen molar-refractivity contribution < 1.29 is 19.0 Å². The number of nitrogens with zero attached hydrogens (tertiary/aromatic N) is 2. The lowest BCUT2D eigenvalue weighted by Gasteiger charge is -2.10. The number of hydrogen-bond acceptors (Lipinski definition) is 6. The predicted molar refractivity (Wildman–Crippen MR) is 96.6 cm³/mol. The Morgan fingerprint density at radius 3 is 2.96 bits per heavy atom. The van der Waals surface area contributed by atoms with Gasteiger partial charge in [0.15, 0.2) is 0 Å². The number of carbonyl (C=O) groups is 1. The third-order valence-corrected chi connectivity index (χ3v) is 4.97. The standard InChI is InChI=1S/C17H14BrFN2O3S/c18-12-2-1-10(14(19)6-12)5-13-16(15(23)9-24-4-3-22)20-7-11-8-21-25-17(11)13/h1-2,6-8,22H,3-5,9H2. The highest BCUT2D eigenvalue weighted by molar-refractivity contribution is 9.10. The van der Waals surface area contributed by atoms with Gasteiger partial charge in [-0.05, 0) is 29.2 Å². The number of ketones is 1. The van der Waals surface area contributed by atoms with Crippen molar-refractivity contribution in [3.05, 3.63) is 57.7 Å². The molecule has 0 unspecified atom stereocenters. The molecule has 0 radical (unpaired) electrons. The molecule has 0 atom stereocenters. The maximum Gasteiger partial charge on any atom is 0.207 e. The Hall–Kier alpha value is -1.74. The van der Waals surface area contributed by atoms with Gasteiger partial charge in [0.25, 0.3) is 0 Å². The minimum Gasteiger partial charge on any atom is -0.394 e. The average molecular weight is 425 g/mol. The van der Waals surface area contributed by atoms with Gasteiger partial charge in [-0.1, -0.05) is 22.0 Å². The van der Waals surface area contributed by atoms with E-state index >= 15 is 0 Å². The molecule has 2 heterocycles. The molecule has 0 aliphatic heterocycles. The van der Waals surface area contributed by atoms with E-state index in [4.69, 9.17) is 9.84 Å². The van der Waals surface area contributed by atoms with E-state index in [-0.39, 0.29) is 43.5 Å². The second kappa shape index (κ2) is 8.09. The summed E-state index contributed by atoms with van der Waals surface area (Å²) >= 11 is 4.48. The van der Waals surface area contributed by atoms with Crippen LogP contribution in [0.4, 0.5) is 4.39 Å². The van der Waals surface area contributed by atoms with Crippen LogP contribution in [-0.2, 0) is 11.2 Å². The number of fused-ring (bicyclic) bond motifs is 1. The number of Topliss-reactive ketones (excluding diaryl/α,β-unsaturated/α-hetero) is 1. The highest BCUT2D eigenvalue weighted by atomic mass is 79.9. The van der Waals surface area contributed by atoms with Gasteiger partial charge in [0.2, 0.25) is 5.78 Å². The molecule has 0 saturated carbocycles. The van der Waals surface area contributed by atoms with E-state index in [1.807, 2.05) is 0 Å². The van der Waals surface area contributed by atoms with Crippen molar-refractivity contribution in [2.45, 2.75) is 6.42 Å². The van der Waals surface area contributed by atoms with Crippen LogP contribution in [0.3, 0.4) is 0 Å². The number of aliphatic hydroxyl groups excluding tert-OH is 1. The van der Waals surface area contributed by atoms with Gasteiger partial charge in [0.1, 0.15) is 18.1 Å². The molecule has 0 fully saturated rings. The SMILES string of the molecule is O=C(COCCO)c1ncc2cnsc2c1Cc1ccc(Br)cc1F. The van der Waals surface area contributed by atoms with Gasteiger partial charge in [0, 0.05) is 28.0 Å². The van der Waals surface area contributed by atoms with E-state index in [0.29, 0.717) is 15.6 Å². The molecule has 0 saturated heterocycles. The zero-order chi connectivity index (χ0) is 17.8. The molecule has 5 nitrogen and oxygen atoms in total. The number of ether oxygens (including phenoxy) is 1. The molecule has 130 valence electrons. The Balaban J connectivity index is 2.00. The van der Waals surface area contributed by atoms with Gasteiger partial charge >= 0.3 is 0 Å². The van der Waals surface area contributed by atoms with Gasteiger partial charge in [0.05, 0.1) is 24.1 Å². The molecule has 0 amide bonds. The summed E-state index contributed by atoms with van der Waals surface area (Å²) in [5.41, 5.74) is 1.35. The lowest BCUT2D eigenvalue weighted by Crippen LogP contribution is -2.15. The Morgan fingerprint density at radius 1 is 1.36 bits per heavy atom. The fourth-order valence-corrected chi connectivity index (χ4v) is 3.54. The first-order valence-electron chi connectivity index (χ1n) is 7.48. The Morgan fingerprint density at radius 2 is 2.20 bits per heavy atom. The van der Waals surface area contributed by atoms with Crippen LogP contribution in [0.15, 0.2) is 35.1 Å². The van der Waals surface area contributed by atoms with Crippen LogP contribution in [0.5, 0.6) is 0 Å². The van der Waals surface area contributed by atoms with E-state index < -0.39 is 0 Å². The van der Waals surface area contributed by atoms with E-state index in [0.717, 1.165) is 10.1 Å². The summed E-state index contributed by atoms with van der Waals surface area (Å²) in [6.45, 7) is -0.273. The van der Waals surface area contributed by atoms with Gasteiger partial charge < -0.3 is 9.84 Å². The number of hydrogen-bond donors (Lipinski definition) is 1. The maximum absolute atomic E-state index is 14.2. The highest BCUT2D eigenvalue weighted by Gasteiger charge is 2.19. The molecule has 1 N–H and O–H groups in total. The van der Waals surface area contributed by atoms with Crippen LogP contribution in [0.1, 0.15) is 21.6 Å². The molecule has 3 aromatic rings. The topological polar surface area (TPSA) is 72.3 Å². The second-order valence-electron chi connectivity index (χ2n) is 5.31. The summed E-state index contributed by atoms with van der Waals surface area (Å²) < 4.78 is 24.9.